The van der Waals surface area contributed by atoms with Crippen LogP contribution in [0.4, 0.5) is 5.69 Å². The fourth-order valence-electron chi connectivity index (χ4n) is 10.1. The average molecular weight is 911 g/mol. The van der Waals surface area contributed by atoms with Gasteiger partial charge in [0.15, 0.2) is 0 Å². The zero-order valence-corrected chi connectivity index (χ0v) is 36.9. The molecule has 4 heterocycles. The second-order valence-electron chi connectivity index (χ2n) is 16.4. The van der Waals surface area contributed by atoms with Crippen molar-refractivity contribution < 1.29 is 16.4 Å². The van der Waals surface area contributed by atoms with Crippen LogP contribution in [-0.4, -0.2) is 9.13 Å². The molecule has 0 N–H and O–H groups in total. The van der Waals surface area contributed by atoms with Crippen molar-refractivity contribution in [3.63, 3.8) is 0 Å². The Balaban J connectivity index is 1.35. The van der Waals surface area contributed by atoms with Gasteiger partial charge < -0.3 is 9.13 Å². The second-order valence-corrected chi connectivity index (χ2v) is 18.4. The molecule has 0 fully saturated rings. The average Bonchev–Trinajstić information content (AvgIpc) is 4.43. The fraction of sp³-hybridized carbons (Fsp3) is 0. The highest BCUT2D eigenvalue weighted by Gasteiger charge is 2.33. The van der Waals surface area contributed by atoms with E-state index in [1.807, 2.05) is 120 Å². The monoisotopic (exact) mass is 910 g/mol. The summed E-state index contributed by atoms with van der Waals surface area (Å²) in [5, 5.41) is 14.1. The van der Waals surface area contributed by atoms with E-state index < -0.39 is 60.4 Å². The molecule has 0 amide bonds. The summed E-state index contributed by atoms with van der Waals surface area (Å²) in [6.07, 6.45) is 0. The number of benzene rings is 10. The second kappa shape index (κ2) is 14.9. The molecule has 4 aromatic heterocycles. The number of rotatable bonds is 5. The Kier molecular flexibility index (Phi) is 6.19. The van der Waals surface area contributed by atoms with E-state index in [0.717, 1.165) is 55.6 Å². The third-order valence-corrected chi connectivity index (χ3v) is 15.1. The van der Waals surface area contributed by atoms with Crippen LogP contribution in [0.1, 0.15) is 22.0 Å². The number of hydrogen-bond donors (Lipinski definition) is 0. The van der Waals surface area contributed by atoms with Gasteiger partial charge in [0.05, 0.1) is 71.4 Å². The Hall–Kier alpha value is -8.78. The van der Waals surface area contributed by atoms with Gasteiger partial charge >= 0.3 is 0 Å². The normalized spacial score (nSPS) is 14.3. The number of hydrogen-bond acceptors (Lipinski definition) is 3. The van der Waals surface area contributed by atoms with Crippen LogP contribution < -0.4 is 0 Å². The van der Waals surface area contributed by atoms with Gasteiger partial charge in [-0.2, -0.15) is 5.26 Å². The zero-order valence-electron chi connectivity index (χ0n) is 47.3. The summed E-state index contributed by atoms with van der Waals surface area (Å²) in [6.45, 7) is 9.38. The highest BCUT2D eigenvalue weighted by atomic mass is 32.1. The lowest BCUT2D eigenvalue weighted by molar-refractivity contribution is 1.14. The highest BCUT2D eigenvalue weighted by molar-refractivity contribution is 7.27. The van der Waals surface area contributed by atoms with E-state index in [1.165, 1.54) is 0 Å². The molecule has 6 heteroatoms. The predicted molar refractivity (Wildman–Crippen MR) is 288 cm³/mol. The SMILES string of the molecule is [2H]c1c([2H])c([2H])c2c(sc3c2c([2H])c([2H])c2c4c([2H])c([2H])c5c(sc6c([2H])c([2H])c([2H])c([2H])c65)c4n(-c4c(C#N)c(-c5ccccc5)c([N+]#[C-])c(-n5c6ccccc6c6ccc(-c7ccccc7)cc65)c4-c4ccccc4)c32)c1[2H]. The lowest BCUT2D eigenvalue weighted by Gasteiger charge is -2.26. The summed E-state index contributed by atoms with van der Waals surface area (Å²) >= 11 is 1.95. The minimum Gasteiger partial charge on any atom is -0.318 e. The van der Waals surface area contributed by atoms with Gasteiger partial charge in [-0.3, -0.25) is 0 Å². The summed E-state index contributed by atoms with van der Waals surface area (Å²) in [6, 6.07) is 39.5. The lowest BCUT2D eigenvalue weighted by atomic mass is 9.88. The van der Waals surface area contributed by atoms with E-state index in [0.29, 0.717) is 22.4 Å². The Morgan fingerprint density at radius 1 is 0.456 bits per heavy atom. The summed E-state index contributed by atoms with van der Waals surface area (Å²) in [5.74, 6) is 0. The number of fused-ring (bicyclic) bond motifs is 14. The Morgan fingerprint density at radius 2 is 0.971 bits per heavy atom. The van der Waals surface area contributed by atoms with Crippen LogP contribution in [0.5, 0.6) is 0 Å². The number of aromatic nitrogens is 2. The minimum absolute atomic E-state index is 0.000979. The topological polar surface area (TPSA) is 38.0 Å². The number of nitrogens with zero attached hydrogens (tertiary/aromatic N) is 4. The predicted octanol–water partition coefficient (Wildman–Crippen LogP) is 18.0. The molecule has 0 aliphatic rings. The van der Waals surface area contributed by atoms with Crippen molar-refractivity contribution in [3.05, 3.63) is 223 Å². The first-order valence-corrected chi connectivity index (χ1v) is 23.3. The van der Waals surface area contributed by atoms with Crippen molar-refractivity contribution in [3.8, 4) is 50.8 Å². The molecule has 0 radical (unpaired) electrons. The lowest BCUT2D eigenvalue weighted by Crippen LogP contribution is -2.09. The molecule has 4 nitrogen and oxygen atoms in total. The van der Waals surface area contributed by atoms with Gasteiger partial charge in [-0.05, 0) is 46.5 Å². The number of para-hydroxylation sites is 1. The first-order valence-electron chi connectivity index (χ1n) is 27.6. The van der Waals surface area contributed by atoms with E-state index in [2.05, 4.69) is 29.1 Å². The zero-order chi connectivity index (χ0) is 55.5. The van der Waals surface area contributed by atoms with Crippen molar-refractivity contribution in [1.29, 1.82) is 5.26 Å². The van der Waals surface area contributed by atoms with Crippen molar-refractivity contribution in [1.82, 2.24) is 9.13 Å². The van der Waals surface area contributed by atoms with E-state index in [4.69, 9.17) is 5.48 Å². The maximum Gasteiger partial charge on any atom is 0.220 e. The molecule has 0 spiro atoms. The van der Waals surface area contributed by atoms with Gasteiger partial charge in [0.2, 0.25) is 5.69 Å². The molecule has 10 aromatic carbocycles. The van der Waals surface area contributed by atoms with E-state index in [-0.39, 0.29) is 96.7 Å². The summed E-state index contributed by atoms with van der Waals surface area (Å²) in [4.78, 5) is 4.43. The molecule has 68 heavy (non-hydrogen) atoms. The van der Waals surface area contributed by atoms with Crippen LogP contribution in [0.2, 0.25) is 0 Å². The van der Waals surface area contributed by atoms with Gasteiger partial charge in [0.25, 0.3) is 0 Å². The van der Waals surface area contributed by atoms with Crippen LogP contribution in [0.25, 0.3) is 134 Å². The molecule has 14 aromatic rings. The van der Waals surface area contributed by atoms with Gasteiger partial charge in [-0.1, -0.05) is 182 Å². The third kappa shape index (κ3) is 5.39. The molecule has 0 unspecified atom stereocenters. The first kappa shape index (κ1) is 28.3. The van der Waals surface area contributed by atoms with Crippen LogP contribution in [-0.2, 0) is 0 Å². The number of thiophene rings is 2. The van der Waals surface area contributed by atoms with Crippen molar-refractivity contribution in [2.45, 2.75) is 0 Å². The molecule has 0 aliphatic carbocycles. The maximum absolute atomic E-state index is 12.3. The standard InChI is InChI=1S/C62H34N4S2/c1-64-56-54(38-19-7-3-8-20-38)49(36-63)57(55(39-21-9-4-10-22-39)60(56)65-50-26-14-11-23-41(50)42-30-29-40(35-51(42)65)37-17-5-2-6-18-37)66-58-45(31-33-47-43-24-12-15-27-52(43)67-61(47)58)46-32-34-48-44-25-13-16-28-53(44)68-62(48)59(46)66/h2-35H/i12D,13D,15D,16D,24D,25D,27D,28D,31D,32D,33D,34D. The first-order chi connectivity index (χ1) is 38.7. The van der Waals surface area contributed by atoms with Gasteiger partial charge in [-0.15, -0.1) is 22.7 Å². The molecule has 0 saturated carbocycles. The van der Waals surface area contributed by atoms with Crippen molar-refractivity contribution in [2.75, 3.05) is 0 Å². The molecule has 14 rings (SSSR count). The molecule has 0 bridgehead atoms. The van der Waals surface area contributed by atoms with Gasteiger partial charge in [0.1, 0.15) is 6.07 Å². The number of nitriles is 1. The van der Waals surface area contributed by atoms with Crippen LogP contribution in [0, 0.1) is 17.9 Å². The minimum atomic E-state index is -0.542. The van der Waals surface area contributed by atoms with Crippen LogP contribution in [0.15, 0.2) is 206 Å². The summed E-state index contributed by atoms with van der Waals surface area (Å²) in [7, 11) is 0. The largest absolute Gasteiger partial charge is 0.318 e. The molecule has 314 valence electrons. The Bertz CT molecular complexity index is 5060. The summed E-state index contributed by atoms with van der Waals surface area (Å²) < 4.78 is 116. The van der Waals surface area contributed by atoms with E-state index in [9.17, 15) is 22.8 Å². The quantitative estimate of drug-likeness (QED) is 0.159. The Morgan fingerprint density at radius 3 is 1.56 bits per heavy atom. The third-order valence-electron chi connectivity index (χ3n) is 12.9. The smallest absolute Gasteiger partial charge is 0.220 e. The molecular formula is C62H34N4S2. The fourth-order valence-corrected chi connectivity index (χ4v) is 12.3. The molecule has 0 saturated heterocycles. The van der Waals surface area contributed by atoms with E-state index in [1.54, 1.807) is 4.57 Å². The van der Waals surface area contributed by atoms with Crippen molar-refractivity contribution >= 4 is 112 Å². The van der Waals surface area contributed by atoms with Crippen molar-refractivity contribution in [2.24, 2.45) is 0 Å². The van der Waals surface area contributed by atoms with Crippen LogP contribution >= 0.6 is 22.7 Å². The highest BCUT2D eigenvalue weighted by Crippen LogP contribution is 2.54. The van der Waals surface area contributed by atoms with Gasteiger partial charge in [0, 0.05) is 63.6 Å². The molecule has 0 aliphatic heterocycles. The molecular weight excluding hydrogens is 865 g/mol. The van der Waals surface area contributed by atoms with Gasteiger partial charge in [-0.25, -0.2) is 4.85 Å². The Labute approximate surface area is 415 Å². The van der Waals surface area contributed by atoms with Crippen LogP contribution in [0.3, 0.4) is 0 Å². The van der Waals surface area contributed by atoms with E-state index >= 15 is 0 Å². The maximum atomic E-state index is 12.3. The summed E-state index contributed by atoms with van der Waals surface area (Å²) in [5.41, 5.74) is 5.75. The molecule has 0 atom stereocenters.